The van der Waals surface area contributed by atoms with Crippen molar-refractivity contribution in [1.82, 2.24) is 9.99 Å². The van der Waals surface area contributed by atoms with Gasteiger partial charge in [0.15, 0.2) is 0 Å². The normalized spacial score (nSPS) is 24.6. The molecule has 7 nitrogen and oxygen atoms in total. The number of carbonyl (C=O) groups is 2. The lowest BCUT2D eigenvalue weighted by molar-refractivity contribution is -0.145. The predicted octanol–water partition coefficient (Wildman–Crippen LogP) is 3.72. The van der Waals surface area contributed by atoms with E-state index in [1.54, 1.807) is 18.7 Å². The Balaban J connectivity index is 1.67. The monoisotopic (exact) mass is 478 g/mol. The first-order chi connectivity index (χ1) is 15.4. The van der Waals surface area contributed by atoms with E-state index in [9.17, 15) is 19.3 Å². The summed E-state index contributed by atoms with van der Waals surface area (Å²) in [5.74, 6) is -1.02. The standard InChI is InChI=1S/C23H31N2O5PS/c1-2-30-31(29,15-9-8-12-18-10-4-3-5-11-18)24-19-17-32-21-14-7-6-13-20(21)25(23(19)28)16-22(26)27/h3-7,10-11,13-14,19-21H,2,8-9,12,15-17H2,1H3,(H,24,29)(H,26,27). The van der Waals surface area contributed by atoms with Crippen molar-refractivity contribution in [2.75, 3.05) is 25.1 Å². The molecule has 1 aliphatic carbocycles. The van der Waals surface area contributed by atoms with Crippen molar-refractivity contribution in [1.29, 1.82) is 0 Å². The SMILES string of the molecule is CCOP(=O)(CCCCc1ccccc1)NC1CSC2C=CC=CC2N(CC(=O)O)C1=O. The van der Waals surface area contributed by atoms with E-state index in [2.05, 4.69) is 17.2 Å². The second kappa shape index (κ2) is 11.8. The second-order valence-electron chi connectivity index (χ2n) is 7.86. The van der Waals surface area contributed by atoms with Crippen molar-refractivity contribution in [2.45, 2.75) is 43.5 Å². The van der Waals surface area contributed by atoms with Crippen LogP contribution in [0.15, 0.2) is 54.6 Å². The van der Waals surface area contributed by atoms with Crippen LogP contribution in [0.1, 0.15) is 25.3 Å². The molecule has 1 aromatic carbocycles. The first kappa shape index (κ1) is 24.8. The van der Waals surface area contributed by atoms with Gasteiger partial charge in [0.1, 0.15) is 12.6 Å². The lowest BCUT2D eigenvalue weighted by Crippen LogP contribution is -2.52. The Hall–Kier alpha value is -1.86. The number of rotatable bonds is 11. The number of hydrogen-bond donors (Lipinski definition) is 2. The molecule has 2 aliphatic rings. The van der Waals surface area contributed by atoms with E-state index in [4.69, 9.17) is 4.52 Å². The van der Waals surface area contributed by atoms with Crippen molar-refractivity contribution in [3.05, 3.63) is 60.2 Å². The van der Waals surface area contributed by atoms with Crippen molar-refractivity contribution >= 4 is 31.2 Å². The minimum absolute atomic E-state index is 0.0348. The Kier molecular flexibility index (Phi) is 9.17. The molecule has 9 heteroatoms. The molecule has 0 spiro atoms. The summed E-state index contributed by atoms with van der Waals surface area (Å²) in [6.45, 7) is 1.66. The van der Waals surface area contributed by atoms with Crippen LogP contribution in [0.5, 0.6) is 0 Å². The lowest BCUT2D eigenvalue weighted by Gasteiger charge is -2.32. The Morgan fingerprint density at radius 3 is 2.72 bits per heavy atom. The topological polar surface area (TPSA) is 95.9 Å². The maximum Gasteiger partial charge on any atom is 0.323 e. The molecule has 0 bridgehead atoms. The molecule has 1 amide bonds. The summed E-state index contributed by atoms with van der Waals surface area (Å²) in [6.07, 6.45) is 10.3. The van der Waals surface area contributed by atoms with Gasteiger partial charge in [0.05, 0.1) is 12.6 Å². The van der Waals surface area contributed by atoms with Crippen LogP contribution in [0.3, 0.4) is 0 Å². The molecule has 4 unspecified atom stereocenters. The average molecular weight is 479 g/mol. The van der Waals surface area contributed by atoms with E-state index in [1.807, 2.05) is 42.5 Å². The van der Waals surface area contributed by atoms with Crippen LogP contribution in [0.2, 0.25) is 0 Å². The van der Waals surface area contributed by atoms with Crippen LogP contribution >= 0.6 is 19.3 Å². The fourth-order valence-electron chi connectivity index (χ4n) is 3.96. The molecule has 4 atom stereocenters. The van der Waals surface area contributed by atoms with E-state index < -0.39 is 26.1 Å². The van der Waals surface area contributed by atoms with E-state index in [1.165, 1.54) is 10.5 Å². The predicted molar refractivity (Wildman–Crippen MR) is 128 cm³/mol. The number of hydrogen-bond acceptors (Lipinski definition) is 5. The van der Waals surface area contributed by atoms with Crippen molar-refractivity contribution in [3.63, 3.8) is 0 Å². The lowest BCUT2D eigenvalue weighted by atomic mass is 10.1. The number of thioether (sulfide) groups is 1. The molecule has 1 saturated heterocycles. The zero-order valence-electron chi connectivity index (χ0n) is 18.3. The average Bonchev–Trinajstić information content (AvgIpc) is 2.90. The number of aliphatic carboxylic acids is 1. The summed E-state index contributed by atoms with van der Waals surface area (Å²) in [5.41, 5.74) is 1.23. The number of carboxylic acid groups (broad SMARTS) is 1. The van der Waals surface area contributed by atoms with Gasteiger partial charge in [-0.25, -0.2) is 5.09 Å². The number of nitrogens with zero attached hydrogens (tertiary/aromatic N) is 1. The summed E-state index contributed by atoms with van der Waals surface area (Å²) in [6, 6.07) is 9.02. The van der Waals surface area contributed by atoms with Crippen LogP contribution in [0.25, 0.3) is 0 Å². The number of carboxylic acids is 1. The van der Waals surface area contributed by atoms with Gasteiger partial charge in [0, 0.05) is 17.2 Å². The summed E-state index contributed by atoms with van der Waals surface area (Å²) in [4.78, 5) is 26.1. The van der Waals surface area contributed by atoms with Gasteiger partial charge < -0.3 is 14.5 Å². The summed E-state index contributed by atoms with van der Waals surface area (Å²) < 4.78 is 19.2. The number of allylic oxidation sites excluding steroid dienone is 2. The number of fused-ring (bicyclic) bond motifs is 1. The maximum absolute atomic E-state index is 13.5. The van der Waals surface area contributed by atoms with Gasteiger partial charge in [-0.05, 0) is 31.7 Å². The third-order valence-corrected chi connectivity index (χ3v) is 9.09. The fraction of sp³-hybridized carbons (Fsp3) is 0.478. The van der Waals surface area contributed by atoms with Gasteiger partial charge in [0.25, 0.3) is 7.52 Å². The Morgan fingerprint density at radius 1 is 1.25 bits per heavy atom. The molecule has 0 aromatic heterocycles. The largest absolute Gasteiger partial charge is 0.480 e. The third kappa shape index (κ3) is 6.82. The fourth-order valence-corrected chi connectivity index (χ4v) is 7.43. The highest BCUT2D eigenvalue weighted by atomic mass is 32.2. The Morgan fingerprint density at radius 2 is 2.00 bits per heavy atom. The number of benzene rings is 1. The van der Waals surface area contributed by atoms with Crippen LogP contribution in [0, 0.1) is 0 Å². The molecule has 1 aromatic rings. The van der Waals surface area contributed by atoms with Gasteiger partial charge in [-0.15, -0.1) is 11.8 Å². The van der Waals surface area contributed by atoms with Crippen LogP contribution in [-0.4, -0.2) is 64.3 Å². The minimum Gasteiger partial charge on any atom is -0.480 e. The zero-order valence-corrected chi connectivity index (χ0v) is 20.0. The van der Waals surface area contributed by atoms with E-state index in [0.29, 0.717) is 18.3 Å². The molecular weight excluding hydrogens is 447 g/mol. The quantitative estimate of drug-likeness (QED) is 0.370. The molecule has 0 radical (unpaired) electrons. The number of nitrogens with one attached hydrogen (secondary N) is 1. The summed E-state index contributed by atoms with van der Waals surface area (Å²) in [5, 5.41) is 12.3. The van der Waals surface area contributed by atoms with Gasteiger partial charge in [-0.1, -0.05) is 54.6 Å². The van der Waals surface area contributed by atoms with E-state index >= 15 is 0 Å². The van der Waals surface area contributed by atoms with Crippen molar-refractivity contribution in [3.8, 4) is 0 Å². The van der Waals surface area contributed by atoms with Crippen LogP contribution < -0.4 is 5.09 Å². The molecule has 3 rings (SSSR count). The van der Waals surface area contributed by atoms with Crippen LogP contribution in [-0.2, 0) is 25.1 Å². The number of aryl methyl sites for hydroxylation is 1. The third-order valence-electron chi connectivity index (χ3n) is 5.46. The Bertz CT molecular complexity index is 892. The Labute approximate surface area is 193 Å². The number of amides is 1. The van der Waals surface area contributed by atoms with Crippen LogP contribution in [0.4, 0.5) is 0 Å². The smallest absolute Gasteiger partial charge is 0.323 e. The molecule has 1 heterocycles. The molecule has 1 aliphatic heterocycles. The molecule has 0 saturated carbocycles. The highest BCUT2D eigenvalue weighted by Crippen LogP contribution is 2.45. The molecule has 174 valence electrons. The zero-order chi connectivity index (χ0) is 23.0. The van der Waals surface area contributed by atoms with Crippen molar-refractivity contribution in [2.24, 2.45) is 0 Å². The van der Waals surface area contributed by atoms with E-state index in [0.717, 1.165) is 12.8 Å². The number of carbonyl (C=O) groups excluding carboxylic acids is 1. The van der Waals surface area contributed by atoms with Gasteiger partial charge in [-0.2, -0.15) is 0 Å². The summed E-state index contributed by atoms with van der Waals surface area (Å²) in [7, 11) is -3.26. The molecular formula is C23H31N2O5PS. The van der Waals surface area contributed by atoms with E-state index in [-0.39, 0.29) is 23.8 Å². The molecule has 32 heavy (non-hydrogen) atoms. The molecule has 1 fully saturated rings. The first-order valence-electron chi connectivity index (χ1n) is 11.0. The van der Waals surface area contributed by atoms with Gasteiger partial charge in [0.2, 0.25) is 5.91 Å². The number of unbranched alkanes of at least 4 members (excludes halogenated alkanes) is 1. The van der Waals surface area contributed by atoms with Gasteiger partial charge >= 0.3 is 5.97 Å². The summed E-state index contributed by atoms with van der Waals surface area (Å²) >= 11 is 1.56. The minimum atomic E-state index is -3.26. The van der Waals surface area contributed by atoms with Crippen molar-refractivity contribution < 1.29 is 23.8 Å². The highest BCUT2D eigenvalue weighted by Gasteiger charge is 2.40. The maximum atomic E-state index is 13.5. The second-order valence-corrected chi connectivity index (χ2v) is 11.4. The first-order valence-corrected chi connectivity index (χ1v) is 13.8. The van der Waals surface area contributed by atoms with Gasteiger partial charge in [-0.3, -0.25) is 14.2 Å². The highest BCUT2D eigenvalue weighted by molar-refractivity contribution is 8.00. The molecule has 2 N–H and O–H groups in total.